The van der Waals surface area contributed by atoms with Gasteiger partial charge in [-0.15, -0.1) is 0 Å². The highest BCUT2D eigenvalue weighted by Gasteiger charge is 2.39. The van der Waals surface area contributed by atoms with E-state index in [1.807, 2.05) is 17.2 Å². The summed E-state index contributed by atoms with van der Waals surface area (Å²) in [6, 6.07) is 8.77. The topological polar surface area (TPSA) is 74.8 Å². The lowest BCUT2D eigenvalue weighted by Gasteiger charge is -2.36. The fraction of sp³-hybridized carbons (Fsp3) is 0.480. The predicted octanol–water partition coefficient (Wildman–Crippen LogP) is 2.55. The zero-order chi connectivity index (χ0) is 23.3. The maximum Gasteiger partial charge on any atom is 0.222 e. The van der Waals surface area contributed by atoms with Crippen molar-refractivity contribution in [3.8, 4) is 5.75 Å². The first-order valence-electron chi connectivity index (χ1n) is 11.5. The summed E-state index contributed by atoms with van der Waals surface area (Å²) >= 11 is 0. The number of hydrogen-bond acceptors (Lipinski definition) is 5. The Morgan fingerprint density at radius 3 is 2.70 bits per heavy atom. The van der Waals surface area contributed by atoms with Crippen LogP contribution in [0, 0.1) is 5.82 Å². The van der Waals surface area contributed by atoms with E-state index in [1.54, 1.807) is 18.3 Å². The van der Waals surface area contributed by atoms with Gasteiger partial charge in [-0.3, -0.25) is 19.5 Å². The number of methoxy groups -OCH3 is 1. The molecule has 1 N–H and O–H groups in total. The Morgan fingerprint density at radius 1 is 1.24 bits per heavy atom. The summed E-state index contributed by atoms with van der Waals surface area (Å²) in [5, 5.41) is 3.04. The van der Waals surface area contributed by atoms with Crippen LogP contribution >= 0.6 is 0 Å². The minimum atomic E-state index is -0.593. The second-order valence-electron chi connectivity index (χ2n) is 8.98. The van der Waals surface area contributed by atoms with Gasteiger partial charge in [0.1, 0.15) is 11.6 Å². The third-order valence-electron chi connectivity index (χ3n) is 6.70. The van der Waals surface area contributed by atoms with Crippen LogP contribution in [0.1, 0.15) is 36.8 Å². The molecule has 0 aliphatic carbocycles. The molecule has 2 aromatic rings. The molecule has 2 saturated heterocycles. The minimum Gasteiger partial charge on any atom is -0.497 e. The third-order valence-corrected chi connectivity index (χ3v) is 6.70. The van der Waals surface area contributed by atoms with Crippen LogP contribution in [0.2, 0.25) is 0 Å². The van der Waals surface area contributed by atoms with Gasteiger partial charge >= 0.3 is 0 Å². The molecule has 3 heterocycles. The monoisotopic (exact) mass is 454 g/mol. The lowest BCUT2D eigenvalue weighted by atomic mass is 9.84. The number of pyridine rings is 1. The number of halogens is 1. The van der Waals surface area contributed by atoms with Gasteiger partial charge < -0.3 is 15.0 Å². The van der Waals surface area contributed by atoms with Gasteiger partial charge in [0.05, 0.1) is 7.11 Å². The Morgan fingerprint density at radius 2 is 2.06 bits per heavy atom. The van der Waals surface area contributed by atoms with E-state index in [-0.39, 0.29) is 17.6 Å². The van der Waals surface area contributed by atoms with Crippen molar-refractivity contribution in [3.05, 3.63) is 59.7 Å². The van der Waals surface area contributed by atoms with Gasteiger partial charge in [0.2, 0.25) is 11.8 Å². The molecule has 1 aromatic heterocycles. The van der Waals surface area contributed by atoms with Crippen LogP contribution in [0.25, 0.3) is 0 Å². The van der Waals surface area contributed by atoms with Crippen LogP contribution in [-0.4, -0.2) is 65.4 Å². The number of piperazine rings is 1. The highest BCUT2D eigenvalue weighted by Crippen LogP contribution is 2.31. The van der Waals surface area contributed by atoms with E-state index in [9.17, 15) is 14.0 Å². The number of nitrogens with one attached hydrogen (secondary N) is 1. The first-order chi connectivity index (χ1) is 16.0. The van der Waals surface area contributed by atoms with Crippen molar-refractivity contribution in [1.82, 2.24) is 20.1 Å². The molecule has 1 atom stereocenters. The molecule has 2 fully saturated rings. The summed E-state index contributed by atoms with van der Waals surface area (Å²) in [4.78, 5) is 33.4. The normalized spacial score (nSPS) is 21.2. The summed E-state index contributed by atoms with van der Waals surface area (Å²) in [7, 11) is 1.50. The molecule has 0 unspecified atom stereocenters. The van der Waals surface area contributed by atoms with Crippen molar-refractivity contribution in [1.29, 1.82) is 0 Å². The van der Waals surface area contributed by atoms with Gasteiger partial charge in [-0.1, -0.05) is 12.1 Å². The molecule has 33 heavy (non-hydrogen) atoms. The number of amides is 2. The summed E-state index contributed by atoms with van der Waals surface area (Å²) in [6.07, 6.45) is 5.84. The van der Waals surface area contributed by atoms with Crippen molar-refractivity contribution in [2.24, 2.45) is 0 Å². The fourth-order valence-electron chi connectivity index (χ4n) is 4.75. The Hall–Kier alpha value is -3.00. The number of benzene rings is 1. The minimum absolute atomic E-state index is 0.0413. The Labute approximate surface area is 193 Å². The Kier molecular flexibility index (Phi) is 7.23. The van der Waals surface area contributed by atoms with Crippen LogP contribution in [-0.2, 0) is 22.6 Å². The zero-order valence-electron chi connectivity index (χ0n) is 19.1. The van der Waals surface area contributed by atoms with Crippen molar-refractivity contribution in [2.75, 3.05) is 33.3 Å². The number of ether oxygens (including phenoxy) is 1. The Bertz CT molecular complexity index is 979. The Balaban J connectivity index is 1.32. The molecule has 0 bridgehead atoms. The second-order valence-corrected chi connectivity index (χ2v) is 8.98. The lowest BCUT2D eigenvalue weighted by molar-refractivity contribution is -0.133. The van der Waals surface area contributed by atoms with E-state index in [2.05, 4.69) is 21.3 Å². The molecular formula is C25H31FN4O3. The summed E-state index contributed by atoms with van der Waals surface area (Å²) < 4.78 is 19.6. The van der Waals surface area contributed by atoms with Gasteiger partial charge in [0.15, 0.2) is 0 Å². The van der Waals surface area contributed by atoms with Crippen LogP contribution in [0.4, 0.5) is 4.39 Å². The molecule has 0 saturated carbocycles. The van der Waals surface area contributed by atoms with Crippen LogP contribution in [0.3, 0.4) is 0 Å². The highest BCUT2D eigenvalue weighted by atomic mass is 19.1. The van der Waals surface area contributed by atoms with Crippen LogP contribution in [0.5, 0.6) is 5.75 Å². The van der Waals surface area contributed by atoms with Crippen molar-refractivity contribution in [3.63, 3.8) is 0 Å². The molecule has 0 radical (unpaired) electrons. The second kappa shape index (κ2) is 10.3. The van der Waals surface area contributed by atoms with Crippen LogP contribution < -0.4 is 10.1 Å². The largest absolute Gasteiger partial charge is 0.497 e. The molecule has 4 rings (SSSR count). The smallest absolute Gasteiger partial charge is 0.222 e. The summed E-state index contributed by atoms with van der Waals surface area (Å²) in [5.74, 6) is 0.150. The van der Waals surface area contributed by atoms with Gasteiger partial charge in [-0.25, -0.2) is 4.39 Å². The quantitative estimate of drug-likeness (QED) is 0.664. The molecule has 2 aliphatic heterocycles. The molecule has 176 valence electrons. The van der Waals surface area contributed by atoms with Crippen molar-refractivity contribution >= 4 is 11.8 Å². The van der Waals surface area contributed by atoms with Gasteiger partial charge in [0, 0.05) is 69.6 Å². The van der Waals surface area contributed by atoms with Crippen molar-refractivity contribution in [2.45, 2.75) is 44.2 Å². The molecule has 2 amide bonds. The van der Waals surface area contributed by atoms with E-state index >= 15 is 0 Å². The molecule has 2 aliphatic rings. The molecule has 7 nitrogen and oxygen atoms in total. The number of carbonyl (C=O) groups is 2. The average molecular weight is 455 g/mol. The van der Waals surface area contributed by atoms with E-state index < -0.39 is 5.54 Å². The molecule has 1 aromatic carbocycles. The van der Waals surface area contributed by atoms with E-state index in [1.165, 1.54) is 18.7 Å². The standard InChI is InChI=1S/C25H31FN4O3/c1-33-21-5-4-20(22(26)15-21)16-25(8-6-23(31)28-25)9-7-24(32)30-13-11-29(12-14-30)18-19-3-2-10-27-17-19/h2-5,10,15,17H,6-9,11-14,16,18H2,1H3,(H,28,31)/t25-/m1/s1. The maximum atomic E-state index is 14.6. The lowest BCUT2D eigenvalue weighted by Crippen LogP contribution is -2.49. The first-order valence-corrected chi connectivity index (χ1v) is 11.5. The molecule has 0 spiro atoms. The SMILES string of the molecule is COc1ccc(C[C@]2(CCC(=O)N3CCN(Cc4cccnc4)CC3)CCC(=O)N2)c(F)c1. The number of rotatable bonds is 8. The number of nitrogens with zero attached hydrogens (tertiary/aromatic N) is 3. The van der Waals surface area contributed by atoms with Gasteiger partial charge in [-0.05, 0) is 42.5 Å². The van der Waals surface area contributed by atoms with Crippen LogP contribution in [0.15, 0.2) is 42.7 Å². The molecule has 8 heteroatoms. The maximum absolute atomic E-state index is 14.6. The number of aromatic nitrogens is 1. The zero-order valence-corrected chi connectivity index (χ0v) is 19.1. The number of hydrogen-bond donors (Lipinski definition) is 1. The third kappa shape index (κ3) is 5.87. The molecular weight excluding hydrogens is 423 g/mol. The average Bonchev–Trinajstić information content (AvgIpc) is 3.20. The van der Waals surface area contributed by atoms with Gasteiger partial charge in [0.25, 0.3) is 0 Å². The first kappa shape index (κ1) is 23.2. The van der Waals surface area contributed by atoms with E-state index in [4.69, 9.17) is 4.74 Å². The number of carbonyl (C=O) groups excluding carboxylic acids is 2. The summed E-state index contributed by atoms with van der Waals surface area (Å²) in [6.45, 7) is 3.84. The summed E-state index contributed by atoms with van der Waals surface area (Å²) in [5.41, 5.74) is 1.10. The highest BCUT2D eigenvalue weighted by molar-refractivity contribution is 5.80. The van der Waals surface area contributed by atoms with E-state index in [0.717, 1.165) is 19.6 Å². The van der Waals surface area contributed by atoms with Crippen molar-refractivity contribution < 1.29 is 18.7 Å². The predicted molar refractivity (Wildman–Crippen MR) is 122 cm³/mol. The fourth-order valence-corrected chi connectivity index (χ4v) is 4.75. The van der Waals surface area contributed by atoms with E-state index in [0.29, 0.717) is 56.5 Å². The van der Waals surface area contributed by atoms with Gasteiger partial charge in [-0.2, -0.15) is 0 Å².